The van der Waals surface area contributed by atoms with E-state index in [1.54, 1.807) is 6.20 Å². The van der Waals surface area contributed by atoms with Gasteiger partial charge in [0.1, 0.15) is 16.5 Å². The van der Waals surface area contributed by atoms with Crippen LogP contribution >= 0.6 is 11.6 Å². The molecule has 5 unspecified atom stereocenters. The Morgan fingerprint density at radius 3 is 2.71 bits per heavy atom. The second kappa shape index (κ2) is 11.2. The van der Waals surface area contributed by atoms with Gasteiger partial charge in [-0.3, -0.25) is 4.98 Å². The second-order valence-electron chi connectivity index (χ2n) is 10.5. The molecule has 0 spiro atoms. The first-order valence-electron chi connectivity index (χ1n) is 12.9. The van der Waals surface area contributed by atoms with Crippen LogP contribution < -0.4 is 4.74 Å². The molecule has 2 aliphatic carbocycles. The van der Waals surface area contributed by atoms with Crippen molar-refractivity contribution in [3.63, 3.8) is 0 Å². The summed E-state index contributed by atoms with van der Waals surface area (Å²) < 4.78 is 43.0. The maximum absolute atomic E-state index is 14.1. The van der Waals surface area contributed by atoms with E-state index in [9.17, 15) is 12.8 Å². The zero-order valence-electron chi connectivity index (χ0n) is 21.0. The fraction of sp³-hybridized carbons (Fsp3) is 0.607. The van der Waals surface area contributed by atoms with Crippen molar-refractivity contribution in [2.24, 2.45) is 23.7 Å². The van der Waals surface area contributed by atoms with Gasteiger partial charge in [0.05, 0.1) is 11.6 Å². The molecule has 4 nitrogen and oxygen atoms in total. The van der Waals surface area contributed by atoms with Gasteiger partial charge in [0.15, 0.2) is 9.84 Å². The Morgan fingerprint density at radius 2 is 2.00 bits per heavy atom. The van der Waals surface area contributed by atoms with Gasteiger partial charge in [0.2, 0.25) is 0 Å². The number of ether oxygens (including phenoxy) is 1. The summed E-state index contributed by atoms with van der Waals surface area (Å²) in [6.07, 6.45) is 12.4. The van der Waals surface area contributed by atoms with Crippen molar-refractivity contribution in [1.82, 2.24) is 4.98 Å². The van der Waals surface area contributed by atoms with E-state index in [0.29, 0.717) is 30.1 Å². The molecule has 5 atom stereocenters. The summed E-state index contributed by atoms with van der Waals surface area (Å²) in [7, 11) is -3.57. The maximum atomic E-state index is 14.1. The Bertz CT molecular complexity index is 1140. The molecule has 2 saturated carbocycles. The van der Waals surface area contributed by atoms with Crippen LogP contribution in [0.5, 0.6) is 5.75 Å². The summed E-state index contributed by atoms with van der Waals surface area (Å²) in [5, 5.41) is 0.721. The van der Waals surface area contributed by atoms with Crippen molar-refractivity contribution in [2.45, 2.75) is 76.0 Å². The highest BCUT2D eigenvalue weighted by Crippen LogP contribution is 2.52. The van der Waals surface area contributed by atoms with Crippen LogP contribution in [-0.4, -0.2) is 26.3 Å². The van der Waals surface area contributed by atoms with Gasteiger partial charge >= 0.3 is 0 Å². The molecule has 1 aromatic heterocycles. The third kappa shape index (κ3) is 6.56. The molecule has 0 amide bonds. The monoisotopic (exact) mass is 521 g/mol. The van der Waals surface area contributed by atoms with Crippen LogP contribution in [0.3, 0.4) is 0 Å². The molecule has 1 aromatic carbocycles. The Hall–Kier alpha value is -1.66. The maximum Gasteiger partial charge on any atom is 0.178 e. The van der Waals surface area contributed by atoms with Gasteiger partial charge in [-0.05, 0) is 86.0 Å². The van der Waals surface area contributed by atoms with Gasteiger partial charge in [-0.15, -0.1) is 0 Å². The normalized spacial score (nSPS) is 25.6. The summed E-state index contributed by atoms with van der Waals surface area (Å²) in [6, 6.07) is 6.07. The van der Waals surface area contributed by atoms with E-state index < -0.39 is 15.7 Å². The van der Waals surface area contributed by atoms with Gasteiger partial charge in [0.25, 0.3) is 0 Å². The predicted molar refractivity (Wildman–Crippen MR) is 138 cm³/mol. The molecule has 2 fully saturated rings. The summed E-state index contributed by atoms with van der Waals surface area (Å²) in [6.45, 7) is 5.04. The van der Waals surface area contributed by atoms with Gasteiger partial charge in [-0.1, -0.05) is 38.3 Å². The number of rotatable bonds is 9. The van der Waals surface area contributed by atoms with E-state index in [2.05, 4.69) is 19.9 Å². The lowest BCUT2D eigenvalue weighted by Gasteiger charge is -2.24. The van der Waals surface area contributed by atoms with Crippen molar-refractivity contribution >= 4 is 21.4 Å². The quantitative estimate of drug-likeness (QED) is 0.326. The van der Waals surface area contributed by atoms with Crippen LogP contribution in [-0.2, 0) is 16.3 Å². The van der Waals surface area contributed by atoms with Crippen molar-refractivity contribution in [2.75, 3.05) is 12.9 Å². The number of benzene rings is 1. The molecule has 0 bridgehead atoms. The number of pyridine rings is 1. The molecular formula is C28H37ClFNO3S. The zero-order valence-corrected chi connectivity index (χ0v) is 22.5. The minimum absolute atomic E-state index is 0.286. The molecule has 0 N–H and O–H groups in total. The number of hydrogen-bond acceptors (Lipinski definition) is 4. The van der Waals surface area contributed by atoms with Gasteiger partial charge < -0.3 is 4.74 Å². The average molecular weight is 522 g/mol. The van der Waals surface area contributed by atoms with Gasteiger partial charge in [0, 0.05) is 30.1 Å². The Balaban J connectivity index is 1.25. The Kier molecular flexibility index (Phi) is 8.42. The van der Waals surface area contributed by atoms with Crippen LogP contribution in [0.25, 0.3) is 0 Å². The molecular weight excluding hydrogens is 485 g/mol. The van der Waals surface area contributed by atoms with Gasteiger partial charge in [-0.2, -0.15) is 0 Å². The molecule has 192 valence electrons. The van der Waals surface area contributed by atoms with Crippen LogP contribution in [0.2, 0.25) is 5.02 Å². The highest BCUT2D eigenvalue weighted by Gasteiger charge is 2.43. The second-order valence-corrected chi connectivity index (χ2v) is 13.0. The molecule has 2 aliphatic rings. The first-order valence-corrected chi connectivity index (χ1v) is 15.2. The smallest absolute Gasteiger partial charge is 0.178 e. The summed E-state index contributed by atoms with van der Waals surface area (Å²) in [5.74, 6) is 3.00. The van der Waals surface area contributed by atoms with Crippen LogP contribution in [0, 0.1) is 29.5 Å². The van der Waals surface area contributed by atoms with Gasteiger partial charge in [-0.25, -0.2) is 12.8 Å². The predicted octanol–water partition coefficient (Wildman–Crippen LogP) is 7.25. The Morgan fingerprint density at radius 1 is 1.20 bits per heavy atom. The molecule has 1 heterocycles. The lowest BCUT2D eigenvalue weighted by molar-refractivity contribution is 0.286. The fourth-order valence-electron chi connectivity index (χ4n) is 6.08. The van der Waals surface area contributed by atoms with Crippen LogP contribution in [0.15, 0.2) is 35.4 Å². The molecule has 35 heavy (non-hydrogen) atoms. The van der Waals surface area contributed by atoms with Crippen LogP contribution in [0.1, 0.15) is 76.0 Å². The highest BCUT2D eigenvalue weighted by molar-refractivity contribution is 7.90. The summed E-state index contributed by atoms with van der Waals surface area (Å²) in [4.78, 5) is 4.43. The average Bonchev–Trinajstić information content (AvgIpc) is 3.60. The number of nitrogens with zero attached hydrogens (tertiary/aromatic N) is 1. The minimum Gasteiger partial charge on any atom is -0.493 e. The van der Waals surface area contributed by atoms with E-state index in [4.69, 9.17) is 21.3 Å². The standard InChI is InChI=1S/C28H37ClFNO3S/c1-4-19-14-23(29)17-31-28(19)18(2)20-6-5-7-21(9-8-20)25-15-22(25)12-13-34-24-10-11-27(26(30)16-24)35(3,32)33/h10-11,14,16-18,20-22,25H,4-9,12-13,15H2,1-3H3. The third-order valence-corrected chi connectivity index (χ3v) is 9.53. The van der Waals surface area contributed by atoms with E-state index in [1.807, 2.05) is 0 Å². The number of halogens is 2. The first-order chi connectivity index (χ1) is 16.7. The topological polar surface area (TPSA) is 56.3 Å². The number of hydrogen-bond donors (Lipinski definition) is 0. The highest BCUT2D eigenvalue weighted by atomic mass is 35.5. The number of aryl methyl sites for hydroxylation is 1. The van der Waals surface area contributed by atoms with Crippen molar-refractivity contribution < 1.29 is 17.5 Å². The molecule has 0 radical (unpaired) electrons. The van der Waals surface area contributed by atoms with Crippen molar-refractivity contribution in [1.29, 1.82) is 0 Å². The summed E-state index contributed by atoms with van der Waals surface area (Å²) >= 11 is 6.18. The molecule has 0 aliphatic heterocycles. The summed E-state index contributed by atoms with van der Waals surface area (Å²) in [5.41, 5.74) is 2.50. The first kappa shape index (κ1) is 26.4. The minimum atomic E-state index is -3.57. The third-order valence-electron chi connectivity index (χ3n) is 8.19. The number of sulfone groups is 1. The lowest BCUT2D eigenvalue weighted by atomic mass is 9.82. The van der Waals surface area contributed by atoms with Crippen molar-refractivity contribution in [3.8, 4) is 5.75 Å². The van der Waals surface area contributed by atoms with Crippen molar-refractivity contribution in [3.05, 3.63) is 52.6 Å². The van der Waals surface area contributed by atoms with E-state index in [-0.39, 0.29) is 4.90 Å². The van der Waals surface area contributed by atoms with Crippen LogP contribution in [0.4, 0.5) is 4.39 Å². The lowest BCUT2D eigenvalue weighted by Crippen LogP contribution is -2.13. The molecule has 0 saturated heterocycles. The largest absolute Gasteiger partial charge is 0.493 e. The molecule has 7 heteroatoms. The fourth-order valence-corrected chi connectivity index (χ4v) is 6.98. The molecule has 4 rings (SSSR count). The van der Waals surface area contributed by atoms with E-state index in [1.165, 1.54) is 68.0 Å². The Labute approximate surface area is 214 Å². The zero-order chi connectivity index (χ0) is 25.2. The van der Waals surface area contributed by atoms with E-state index >= 15 is 0 Å². The van der Waals surface area contributed by atoms with E-state index in [0.717, 1.165) is 36.0 Å². The molecule has 2 aromatic rings. The number of aromatic nitrogens is 1. The SMILES string of the molecule is CCc1cc(Cl)cnc1C(C)C1CCCC(C2CC2CCOc2ccc(S(C)(=O)=O)c(F)c2)CC1.